The van der Waals surface area contributed by atoms with Crippen LogP contribution in [0, 0.1) is 11.8 Å². The maximum atomic E-state index is 4.93. The summed E-state index contributed by atoms with van der Waals surface area (Å²) >= 11 is -0.826. The number of halogens is 2. The minimum absolute atomic E-state index is 0.538. The molecule has 6 aromatic carbocycles. The Bertz CT molecular complexity index is 1740. The Morgan fingerprint density at radius 2 is 0.840 bits per heavy atom. The van der Waals surface area contributed by atoms with Crippen molar-refractivity contribution in [2.24, 2.45) is 11.8 Å². The van der Waals surface area contributed by atoms with Gasteiger partial charge in [0, 0.05) is 9.52 Å². The summed E-state index contributed by atoms with van der Waals surface area (Å²) in [5.74, 6) is 2.47. The third-order valence-corrected chi connectivity index (χ3v) is 8.65. The second-order valence-electron chi connectivity index (χ2n) is 14.6. The molecule has 2 radical (unpaired) electrons. The number of fused-ring (bicyclic) bond motifs is 2. The van der Waals surface area contributed by atoms with Crippen LogP contribution in [0.25, 0.3) is 43.8 Å². The minimum atomic E-state index is -0.826. The van der Waals surface area contributed by atoms with Crippen molar-refractivity contribution in [2.75, 3.05) is 0 Å². The molecular weight excluding hydrogens is 743 g/mol. The molecule has 0 fully saturated rings. The molecule has 0 unspecified atom stereocenters. The van der Waals surface area contributed by atoms with Crippen LogP contribution in [-0.2, 0) is 33.7 Å². The molecule has 0 aliphatic heterocycles. The van der Waals surface area contributed by atoms with Gasteiger partial charge >= 0.3 is 37.9 Å². The van der Waals surface area contributed by atoms with E-state index in [1.807, 2.05) is 0 Å². The van der Waals surface area contributed by atoms with Gasteiger partial charge in [-0.25, -0.2) is 0 Å². The zero-order valence-electron chi connectivity index (χ0n) is 31.9. The number of rotatable bonds is 8. The molecule has 6 aromatic rings. The fourth-order valence-electron chi connectivity index (χ4n) is 6.73. The molecule has 0 heterocycles. The van der Waals surface area contributed by atoms with Crippen LogP contribution in [-0.4, -0.2) is 9.52 Å². The van der Waals surface area contributed by atoms with E-state index in [1.165, 1.54) is 66.1 Å². The predicted molar refractivity (Wildman–Crippen MR) is 224 cm³/mol. The number of hydrogen-bond acceptors (Lipinski definition) is 0. The summed E-state index contributed by atoms with van der Waals surface area (Å²) in [6.07, 6.45) is 2.31. The molecule has 4 heteroatoms. The molecule has 50 heavy (non-hydrogen) atoms. The van der Waals surface area contributed by atoms with Gasteiger partial charge in [0.15, 0.2) is 0 Å². The van der Waals surface area contributed by atoms with Crippen LogP contribution in [0.4, 0.5) is 0 Å². The van der Waals surface area contributed by atoms with Crippen LogP contribution in [0.3, 0.4) is 0 Å². The zero-order chi connectivity index (χ0) is 36.8. The van der Waals surface area contributed by atoms with E-state index >= 15 is 0 Å². The van der Waals surface area contributed by atoms with Crippen LogP contribution < -0.4 is 0 Å². The summed E-state index contributed by atoms with van der Waals surface area (Å²) < 4.78 is 0. The van der Waals surface area contributed by atoms with Gasteiger partial charge in [0.1, 0.15) is 0 Å². The summed E-state index contributed by atoms with van der Waals surface area (Å²) in [4.78, 5) is 0. The molecule has 0 bridgehead atoms. The van der Waals surface area contributed by atoms with E-state index in [9.17, 15) is 0 Å². The average molecular weight is 799 g/mol. The third kappa shape index (κ3) is 11.9. The van der Waals surface area contributed by atoms with Crippen molar-refractivity contribution in [1.82, 2.24) is 0 Å². The first-order valence-corrected chi connectivity index (χ1v) is 26.4. The Morgan fingerprint density at radius 1 is 0.520 bits per heavy atom. The van der Waals surface area contributed by atoms with Gasteiger partial charge in [-0.05, 0) is 58.8 Å². The molecule has 0 aliphatic rings. The molecule has 0 aliphatic carbocycles. The van der Waals surface area contributed by atoms with Crippen molar-refractivity contribution < 1.29 is 20.8 Å². The number of hydrogen-bond donors (Lipinski definition) is 0. The van der Waals surface area contributed by atoms with E-state index in [2.05, 4.69) is 178 Å². The normalized spacial score (nSPS) is 10.9. The molecule has 262 valence electrons. The fourth-order valence-corrected chi connectivity index (χ4v) is 6.73. The van der Waals surface area contributed by atoms with Crippen LogP contribution in [0.1, 0.15) is 89.5 Å². The molecule has 0 nitrogen and oxygen atoms in total. The summed E-state index contributed by atoms with van der Waals surface area (Å²) in [5.41, 5.74) is 11.3. The Kier molecular flexibility index (Phi) is 18.0. The van der Waals surface area contributed by atoms with Gasteiger partial charge in [-0.3, -0.25) is 0 Å². The first kappa shape index (κ1) is 42.2. The second-order valence-corrected chi connectivity index (χ2v) is 19.3. The van der Waals surface area contributed by atoms with E-state index < -0.39 is 20.8 Å². The summed E-state index contributed by atoms with van der Waals surface area (Å²) in [6.45, 7) is 22.5. The van der Waals surface area contributed by atoms with Gasteiger partial charge in [0.2, 0.25) is 0 Å². The van der Waals surface area contributed by atoms with E-state index in [1.54, 1.807) is 0 Å². The van der Waals surface area contributed by atoms with Gasteiger partial charge in [-0.2, -0.15) is 12.1 Å². The molecule has 0 saturated heterocycles. The Balaban J connectivity index is 0.000000234. The van der Waals surface area contributed by atoms with E-state index in [4.69, 9.17) is 17.0 Å². The summed E-state index contributed by atoms with van der Waals surface area (Å²) in [6, 6.07) is 40.5. The molecule has 6 rings (SSSR count). The monoisotopic (exact) mass is 796 g/mol. The molecule has 0 saturated carbocycles. The summed E-state index contributed by atoms with van der Waals surface area (Å²) in [5, 5.41) is 5.52. The maximum absolute atomic E-state index is 4.93. The average Bonchev–Trinajstić information content (AvgIpc) is 3.68. The molecular formula is C46H56Cl2SiZr. The Morgan fingerprint density at radius 3 is 1.16 bits per heavy atom. The van der Waals surface area contributed by atoms with Crippen molar-refractivity contribution in [1.29, 1.82) is 0 Å². The zero-order valence-corrected chi connectivity index (χ0v) is 36.8. The van der Waals surface area contributed by atoms with Crippen LogP contribution in [0.5, 0.6) is 0 Å². The van der Waals surface area contributed by atoms with Crippen LogP contribution in [0.2, 0.25) is 13.1 Å². The first-order valence-electron chi connectivity index (χ1n) is 18.0. The molecule has 0 aromatic heterocycles. The molecule has 0 N–H and O–H groups in total. The molecule has 0 atom stereocenters. The van der Waals surface area contributed by atoms with Crippen molar-refractivity contribution in [3.05, 3.63) is 131 Å². The third-order valence-electron chi connectivity index (χ3n) is 8.65. The Labute approximate surface area is 325 Å². The summed E-state index contributed by atoms with van der Waals surface area (Å²) in [7, 11) is 11.0. The first-order chi connectivity index (χ1) is 23.9. The van der Waals surface area contributed by atoms with Gasteiger partial charge in [0.25, 0.3) is 0 Å². The van der Waals surface area contributed by atoms with E-state index in [0.29, 0.717) is 23.7 Å². The van der Waals surface area contributed by atoms with E-state index in [0.717, 1.165) is 22.4 Å². The van der Waals surface area contributed by atoms with Crippen LogP contribution >= 0.6 is 17.0 Å². The predicted octanol–water partition coefficient (Wildman–Crippen LogP) is 15.3. The van der Waals surface area contributed by atoms with Crippen molar-refractivity contribution >= 4 is 48.1 Å². The second kappa shape index (κ2) is 21.3. The van der Waals surface area contributed by atoms with Crippen molar-refractivity contribution in [3.8, 4) is 22.3 Å². The number of benzene rings is 4. The topological polar surface area (TPSA) is 0 Å². The SMILES string of the molecule is CC(C)Cc1cc2c(-c3ccccc3C(C)C)cccc2[cH-]1.CC(C)Cc1cc2c(-c3ccccc3C(C)C)cccc2[cH-]1.C[Si]C.[Cl][Zr+2][Cl]. The van der Waals surface area contributed by atoms with Crippen molar-refractivity contribution in [2.45, 2.75) is 93.2 Å². The van der Waals surface area contributed by atoms with Gasteiger partial charge in [-0.1, -0.05) is 140 Å². The van der Waals surface area contributed by atoms with E-state index in [-0.39, 0.29) is 0 Å². The van der Waals surface area contributed by atoms with Crippen LogP contribution in [0.15, 0.2) is 109 Å². The standard InChI is InChI=1S/2C22H25.C2H6Si.2ClH.Zr/c2*1-15(2)12-17-13-18-8-7-11-21(22(18)14-17)20-10-6-5-9-19(20)16(3)4;1-3-2;;;/h2*5-11,13-16H,12H2,1-4H3;1-2H3;2*1H;/q2*-1;;;;+4/p-2. The molecule has 0 spiro atoms. The van der Waals surface area contributed by atoms with Gasteiger partial charge < -0.3 is 0 Å². The van der Waals surface area contributed by atoms with Crippen molar-refractivity contribution in [3.63, 3.8) is 0 Å². The quantitative estimate of drug-likeness (QED) is 0.106. The van der Waals surface area contributed by atoms with Gasteiger partial charge in [0.05, 0.1) is 0 Å². The fraction of sp³-hybridized carbons (Fsp3) is 0.348. The van der Waals surface area contributed by atoms with Gasteiger partial charge in [-0.15, -0.1) is 69.1 Å². The molecule has 0 amide bonds. The Hall–Kier alpha value is -2.22.